The third kappa shape index (κ3) is 3.85. The van der Waals surface area contributed by atoms with Crippen LogP contribution in [0.5, 0.6) is 0 Å². The van der Waals surface area contributed by atoms with Crippen LogP contribution in [0.2, 0.25) is 0 Å². The lowest BCUT2D eigenvalue weighted by Crippen LogP contribution is -2.25. The second-order valence-corrected chi connectivity index (χ2v) is 6.50. The molecule has 8 heteroatoms. The van der Waals surface area contributed by atoms with Crippen molar-refractivity contribution in [2.45, 2.75) is 26.4 Å². The van der Waals surface area contributed by atoms with E-state index in [0.29, 0.717) is 11.8 Å². The molecule has 0 amide bonds. The largest absolute Gasteiger partial charge is 0.368 e. The molecule has 0 saturated heterocycles. The van der Waals surface area contributed by atoms with E-state index < -0.39 is 0 Å². The average molecular weight is 307 g/mol. The fourth-order valence-electron chi connectivity index (χ4n) is 1.84. The monoisotopic (exact) mass is 307 g/mol. The van der Waals surface area contributed by atoms with Crippen molar-refractivity contribution in [3.63, 3.8) is 0 Å². The van der Waals surface area contributed by atoms with Gasteiger partial charge in [0.15, 0.2) is 5.82 Å². The SMILES string of the molecule is Cc1ncc(CN(C)[C@@H](C)c2nc(N)nc(N(C)C)n2)s1. The Morgan fingerprint density at radius 2 is 1.95 bits per heavy atom. The minimum Gasteiger partial charge on any atom is -0.368 e. The number of anilines is 2. The smallest absolute Gasteiger partial charge is 0.229 e. The zero-order chi connectivity index (χ0) is 15.6. The van der Waals surface area contributed by atoms with Gasteiger partial charge >= 0.3 is 0 Å². The summed E-state index contributed by atoms with van der Waals surface area (Å²) in [6.07, 6.45) is 1.91. The van der Waals surface area contributed by atoms with Gasteiger partial charge in [0, 0.05) is 31.7 Å². The third-order valence-electron chi connectivity index (χ3n) is 3.17. The summed E-state index contributed by atoms with van der Waals surface area (Å²) in [6.45, 7) is 4.87. The van der Waals surface area contributed by atoms with E-state index in [2.05, 4.69) is 31.8 Å². The van der Waals surface area contributed by atoms with Gasteiger partial charge in [-0.25, -0.2) is 4.98 Å². The first kappa shape index (κ1) is 15.6. The number of aryl methyl sites for hydroxylation is 1. The van der Waals surface area contributed by atoms with E-state index in [1.807, 2.05) is 39.2 Å². The molecular weight excluding hydrogens is 286 g/mol. The molecule has 2 aromatic heterocycles. The fraction of sp³-hybridized carbons (Fsp3) is 0.538. The summed E-state index contributed by atoms with van der Waals surface area (Å²) in [6, 6.07) is 0.0383. The second kappa shape index (κ2) is 6.31. The van der Waals surface area contributed by atoms with Gasteiger partial charge in [0.1, 0.15) is 0 Å². The molecule has 1 atom stereocenters. The Labute approximate surface area is 128 Å². The number of aromatic nitrogens is 4. The van der Waals surface area contributed by atoms with Crippen LogP contribution in [-0.2, 0) is 6.54 Å². The molecule has 0 bridgehead atoms. The molecular formula is C13H21N7S. The predicted molar refractivity (Wildman–Crippen MR) is 85.3 cm³/mol. The zero-order valence-electron chi connectivity index (χ0n) is 13.0. The number of hydrogen-bond acceptors (Lipinski definition) is 8. The molecule has 0 spiro atoms. The van der Waals surface area contributed by atoms with Crippen molar-refractivity contribution in [2.24, 2.45) is 0 Å². The molecule has 2 heterocycles. The van der Waals surface area contributed by atoms with Crippen LogP contribution < -0.4 is 10.6 Å². The predicted octanol–water partition coefficient (Wildman–Crippen LogP) is 1.48. The highest BCUT2D eigenvalue weighted by Crippen LogP contribution is 2.21. The maximum Gasteiger partial charge on any atom is 0.229 e. The number of thiazole rings is 1. The average Bonchev–Trinajstić information content (AvgIpc) is 2.82. The maximum absolute atomic E-state index is 5.78. The molecule has 0 saturated carbocycles. The van der Waals surface area contributed by atoms with Crippen LogP contribution in [0.4, 0.5) is 11.9 Å². The Morgan fingerprint density at radius 3 is 2.52 bits per heavy atom. The maximum atomic E-state index is 5.78. The van der Waals surface area contributed by atoms with E-state index in [9.17, 15) is 0 Å². The molecule has 0 fully saturated rings. The van der Waals surface area contributed by atoms with Crippen molar-refractivity contribution in [1.82, 2.24) is 24.8 Å². The summed E-state index contributed by atoms with van der Waals surface area (Å²) < 4.78 is 0. The topological polar surface area (TPSA) is 84.1 Å². The van der Waals surface area contributed by atoms with Gasteiger partial charge in [-0.3, -0.25) is 4.90 Å². The molecule has 7 nitrogen and oxygen atoms in total. The van der Waals surface area contributed by atoms with Gasteiger partial charge in [0.25, 0.3) is 0 Å². The summed E-state index contributed by atoms with van der Waals surface area (Å²) >= 11 is 1.70. The van der Waals surface area contributed by atoms with Gasteiger partial charge in [0.2, 0.25) is 11.9 Å². The van der Waals surface area contributed by atoms with Crippen LogP contribution >= 0.6 is 11.3 Å². The molecule has 2 aromatic rings. The second-order valence-electron chi connectivity index (χ2n) is 5.18. The molecule has 21 heavy (non-hydrogen) atoms. The van der Waals surface area contributed by atoms with Gasteiger partial charge in [-0.05, 0) is 20.9 Å². The first-order valence-corrected chi connectivity index (χ1v) is 7.48. The lowest BCUT2D eigenvalue weighted by atomic mass is 10.2. The molecule has 114 valence electrons. The molecule has 0 radical (unpaired) electrons. The van der Waals surface area contributed by atoms with Crippen LogP contribution in [0, 0.1) is 6.92 Å². The quantitative estimate of drug-likeness (QED) is 0.895. The van der Waals surface area contributed by atoms with E-state index in [1.54, 1.807) is 11.3 Å². The highest BCUT2D eigenvalue weighted by atomic mass is 32.1. The summed E-state index contributed by atoms with van der Waals surface area (Å²) in [5.74, 6) is 1.50. The van der Waals surface area contributed by atoms with E-state index in [-0.39, 0.29) is 12.0 Å². The molecule has 0 aliphatic rings. The van der Waals surface area contributed by atoms with E-state index in [0.717, 1.165) is 11.6 Å². The minimum atomic E-state index is 0.0383. The van der Waals surface area contributed by atoms with Crippen LogP contribution in [0.25, 0.3) is 0 Å². The molecule has 0 aliphatic carbocycles. The van der Waals surface area contributed by atoms with Crippen molar-refractivity contribution in [2.75, 3.05) is 31.8 Å². The minimum absolute atomic E-state index is 0.0383. The Morgan fingerprint density at radius 1 is 1.24 bits per heavy atom. The van der Waals surface area contributed by atoms with Gasteiger partial charge in [-0.15, -0.1) is 11.3 Å². The van der Waals surface area contributed by atoms with Gasteiger partial charge in [-0.1, -0.05) is 0 Å². The van der Waals surface area contributed by atoms with Crippen molar-refractivity contribution in [3.8, 4) is 0 Å². The summed E-state index contributed by atoms with van der Waals surface area (Å²) in [7, 11) is 5.80. The van der Waals surface area contributed by atoms with Crippen LogP contribution in [0.3, 0.4) is 0 Å². The summed E-state index contributed by atoms with van der Waals surface area (Å²) in [5, 5.41) is 1.07. The van der Waals surface area contributed by atoms with E-state index in [1.165, 1.54) is 4.88 Å². The van der Waals surface area contributed by atoms with E-state index >= 15 is 0 Å². The standard InChI is InChI=1S/C13H21N7S/c1-8(20(5)7-10-6-15-9(2)21-10)11-16-12(14)18-13(17-11)19(3)4/h6,8H,7H2,1-5H3,(H2,14,16,17,18)/t8-/m0/s1. The van der Waals surface area contributed by atoms with E-state index in [4.69, 9.17) is 5.73 Å². The summed E-state index contributed by atoms with van der Waals surface area (Å²) in [4.78, 5) is 22.3. The number of rotatable bonds is 5. The summed E-state index contributed by atoms with van der Waals surface area (Å²) in [5.41, 5.74) is 5.78. The fourth-order valence-corrected chi connectivity index (χ4v) is 2.70. The first-order valence-electron chi connectivity index (χ1n) is 6.67. The number of nitrogens with two attached hydrogens (primary N) is 1. The van der Waals surface area contributed by atoms with Crippen LogP contribution in [0.15, 0.2) is 6.20 Å². The van der Waals surface area contributed by atoms with Crippen LogP contribution in [-0.4, -0.2) is 46.0 Å². The Hall–Kier alpha value is -1.80. The van der Waals surface area contributed by atoms with Gasteiger partial charge in [0.05, 0.1) is 11.0 Å². The number of nitrogens with zero attached hydrogens (tertiary/aromatic N) is 6. The van der Waals surface area contributed by atoms with Crippen molar-refractivity contribution in [1.29, 1.82) is 0 Å². The number of hydrogen-bond donors (Lipinski definition) is 1. The molecule has 2 N–H and O–H groups in total. The van der Waals surface area contributed by atoms with Crippen molar-refractivity contribution in [3.05, 3.63) is 21.9 Å². The Kier molecular flexibility index (Phi) is 4.69. The lowest BCUT2D eigenvalue weighted by Gasteiger charge is -2.23. The van der Waals surface area contributed by atoms with Crippen molar-refractivity contribution < 1.29 is 0 Å². The zero-order valence-corrected chi connectivity index (χ0v) is 13.8. The third-order valence-corrected chi connectivity index (χ3v) is 4.06. The van der Waals surface area contributed by atoms with Crippen LogP contribution in [0.1, 0.15) is 28.7 Å². The van der Waals surface area contributed by atoms with Gasteiger partial charge in [-0.2, -0.15) is 15.0 Å². The molecule has 2 rings (SSSR count). The lowest BCUT2D eigenvalue weighted by molar-refractivity contribution is 0.245. The molecule has 0 aromatic carbocycles. The van der Waals surface area contributed by atoms with Gasteiger partial charge < -0.3 is 10.6 Å². The highest BCUT2D eigenvalue weighted by molar-refractivity contribution is 7.11. The highest BCUT2D eigenvalue weighted by Gasteiger charge is 2.18. The first-order chi connectivity index (χ1) is 9.86. The Bertz CT molecular complexity index is 610. The van der Waals surface area contributed by atoms with Crippen molar-refractivity contribution >= 4 is 23.2 Å². The molecule has 0 aliphatic heterocycles. The number of nitrogen functional groups attached to an aromatic ring is 1. The normalized spacial score (nSPS) is 12.7. The molecule has 0 unspecified atom stereocenters. The Balaban J connectivity index is 2.16.